The van der Waals surface area contributed by atoms with E-state index in [0.717, 1.165) is 25.2 Å². The van der Waals surface area contributed by atoms with Crippen molar-refractivity contribution in [3.63, 3.8) is 0 Å². The molecule has 0 spiro atoms. The maximum absolute atomic E-state index is 5.14. The minimum atomic E-state index is 0.901. The summed E-state index contributed by atoms with van der Waals surface area (Å²) in [4.78, 5) is 7.21. The summed E-state index contributed by atoms with van der Waals surface area (Å²) in [5, 5.41) is 0. The molecule has 4 heteroatoms. The molecule has 0 aliphatic rings. The summed E-state index contributed by atoms with van der Waals surface area (Å²) in [5.41, 5.74) is 2.64. The molecule has 0 aliphatic carbocycles. The standard InChI is InChI=1S/C8H16N4/c9-12-5-3-1-2-4-8-10-6-7-11-8/h6-7,12H,1-5,9H2,(H,10,11). The summed E-state index contributed by atoms with van der Waals surface area (Å²) in [6, 6.07) is 0. The van der Waals surface area contributed by atoms with E-state index in [2.05, 4.69) is 15.4 Å². The van der Waals surface area contributed by atoms with E-state index in [-0.39, 0.29) is 0 Å². The van der Waals surface area contributed by atoms with Gasteiger partial charge in [-0.2, -0.15) is 0 Å². The molecule has 0 bridgehead atoms. The number of imidazole rings is 1. The van der Waals surface area contributed by atoms with Crippen LogP contribution in [0.3, 0.4) is 0 Å². The molecule has 1 aromatic rings. The molecule has 0 aliphatic heterocycles. The number of hydrogen-bond acceptors (Lipinski definition) is 3. The van der Waals surface area contributed by atoms with Gasteiger partial charge in [0.05, 0.1) is 0 Å². The van der Waals surface area contributed by atoms with Crippen molar-refractivity contribution >= 4 is 0 Å². The van der Waals surface area contributed by atoms with Crippen LogP contribution >= 0.6 is 0 Å². The van der Waals surface area contributed by atoms with Gasteiger partial charge in [0, 0.05) is 25.4 Å². The number of hydrazine groups is 1. The Hall–Kier alpha value is -0.870. The topological polar surface area (TPSA) is 66.7 Å². The van der Waals surface area contributed by atoms with Crippen LogP contribution in [-0.2, 0) is 6.42 Å². The van der Waals surface area contributed by atoms with Gasteiger partial charge < -0.3 is 4.98 Å². The van der Waals surface area contributed by atoms with Gasteiger partial charge in [-0.25, -0.2) is 4.98 Å². The largest absolute Gasteiger partial charge is 0.349 e. The lowest BCUT2D eigenvalue weighted by Gasteiger charge is -1.98. The predicted octanol–water partition coefficient (Wildman–Crippen LogP) is 0.586. The number of hydrogen-bond donors (Lipinski definition) is 3. The van der Waals surface area contributed by atoms with E-state index in [0.29, 0.717) is 0 Å². The molecule has 0 amide bonds. The van der Waals surface area contributed by atoms with Gasteiger partial charge in [0.15, 0.2) is 0 Å². The van der Waals surface area contributed by atoms with E-state index in [1.807, 2.05) is 6.20 Å². The zero-order valence-electron chi connectivity index (χ0n) is 7.21. The van der Waals surface area contributed by atoms with E-state index in [4.69, 9.17) is 5.84 Å². The number of nitrogens with zero attached hydrogens (tertiary/aromatic N) is 1. The number of rotatable bonds is 6. The normalized spacial score (nSPS) is 10.4. The van der Waals surface area contributed by atoms with Crippen LogP contribution in [0.25, 0.3) is 0 Å². The van der Waals surface area contributed by atoms with Crippen molar-refractivity contribution in [1.82, 2.24) is 15.4 Å². The number of H-pyrrole nitrogens is 1. The lowest BCUT2D eigenvalue weighted by Crippen LogP contribution is -2.22. The quantitative estimate of drug-likeness (QED) is 0.331. The molecule has 0 saturated heterocycles. The van der Waals surface area contributed by atoms with Gasteiger partial charge in [-0.3, -0.25) is 11.3 Å². The van der Waals surface area contributed by atoms with Gasteiger partial charge in [0.2, 0.25) is 0 Å². The van der Waals surface area contributed by atoms with Gasteiger partial charge in [0.1, 0.15) is 5.82 Å². The third-order valence-corrected chi connectivity index (χ3v) is 1.79. The summed E-state index contributed by atoms with van der Waals surface area (Å²) in [6.07, 6.45) is 8.20. The smallest absolute Gasteiger partial charge is 0.105 e. The Morgan fingerprint density at radius 1 is 1.42 bits per heavy atom. The van der Waals surface area contributed by atoms with Crippen LogP contribution in [0.2, 0.25) is 0 Å². The monoisotopic (exact) mass is 168 g/mol. The lowest BCUT2D eigenvalue weighted by molar-refractivity contribution is 0.613. The highest BCUT2D eigenvalue weighted by molar-refractivity contribution is 4.86. The zero-order chi connectivity index (χ0) is 8.65. The SMILES string of the molecule is NNCCCCCc1ncc[nH]1. The second-order valence-corrected chi connectivity index (χ2v) is 2.80. The Morgan fingerprint density at radius 2 is 2.33 bits per heavy atom. The van der Waals surface area contributed by atoms with Crippen molar-refractivity contribution in [2.24, 2.45) is 5.84 Å². The van der Waals surface area contributed by atoms with Crippen molar-refractivity contribution in [3.05, 3.63) is 18.2 Å². The van der Waals surface area contributed by atoms with Crippen LogP contribution in [0.4, 0.5) is 0 Å². The van der Waals surface area contributed by atoms with Crippen LogP contribution < -0.4 is 11.3 Å². The first kappa shape index (κ1) is 9.22. The minimum absolute atomic E-state index is 0.901. The number of nitrogens with one attached hydrogen (secondary N) is 2. The fourth-order valence-corrected chi connectivity index (χ4v) is 1.13. The van der Waals surface area contributed by atoms with E-state index < -0.39 is 0 Å². The molecule has 4 N–H and O–H groups in total. The maximum atomic E-state index is 5.14. The average molecular weight is 168 g/mol. The second kappa shape index (κ2) is 5.74. The van der Waals surface area contributed by atoms with Crippen molar-refractivity contribution < 1.29 is 0 Å². The van der Waals surface area contributed by atoms with Crippen molar-refractivity contribution in [2.75, 3.05) is 6.54 Å². The van der Waals surface area contributed by atoms with Crippen LogP contribution in [0, 0.1) is 0 Å². The highest BCUT2D eigenvalue weighted by atomic mass is 15.2. The Morgan fingerprint density at radius 3 is 3.00 bits per heavy atom. The molecular weight excluding hydrogens is 152 g/mol. The van der Waals surface area contributed by atoms with Crippen LogP contribution in [-0.4, -0.2) is 16.5 Å². The van der Waals surface area contributed by atoms with Gasteiger partial charge in [-0.15, -0.1) is 0 Å². The Bertz CT molecular complexity index is 183. The molecule has 68 valence electrons. The number of aromatic nitrogens is 2. The third kappa shape index (κ3) is 3.50. The van der Waals surface area contributed by atoms with Gasteiger partial charge in [-0.05, 0) is 12.8 Å². The molecule has 4 nitrogen and oxygen atoms in total. The molecule has 0 saturated carbocycles. The first-order chi connectivity index (χ1) is 5.93. The summed E-state index contributed by atoms with van der Waals surface area (Å²) in [6.45, 7) is 0.901. The zero-order valence-corrected chi connectivity index (χ0v) is 7.21. The molecule has 0 radical (unpaired) electrons. The van der Waals surface area contributed by atoms with E-state index in [9.17, 15) is 0 Å². The van der Waals surface area contributed by atoms with Crippen molar-refractivity contribution in [2.45, 2.75) is 25.7 Å². The van der Waals surface area contributed by atoms with Gasteiger partial charge >= 0.3 is 0 Å². The molecule has 1 aromatic heterocycles. The lowest BCUT2D eigenvalue weighted by atomic mass is 10.2. The predicted molar refractivity (Wildman–Crippen MR) is 48.3 cm³/mol. The molecule has 0 atom stereocenters. The molecular formula is C8H16N4. The first-order valence-electron chi connectivity index (χ1n) is 4.35. The molecule has 1 heterocycles. The third-order valence-electron chi connectivity index (χ3n) is 1.79. The summed E-state index contributed by atoms with van der Waals surface area (Å²) >= 11 is 0. The highest BCUT2D eigenvalue weighted by Crippen LogP contribution is 2.00. The number of unbranched alkanes of at least 4 members (excludes halogenated alkanes) is 2. The molecule has 0 aromatic carbocycles. The number of nitrogens with two attached hydrogens (primary N) is 1. The van der Waals surface area contributed by atoms with E-state index in [1.165, 1.54) is 12.8 Å². The van der Waals surface area contributed by atoms with Gasteiger partial charge in [-0.1, -0.05) is 6.42 Å². The maximum Gasteiger partial charge on any atom is 0.105 e. The Balaban J connectivity index is 1.96. The Kier molecular flexibility index (Phi) is 4.41. The van der Waals surface area contributed by atoms with Crippen molar-refractivity contribution in [1.29, 1.82) is 0 Å². The fourth-order valence-electron chi connectivity index (χ4n) is 1.13. The summed E-state index contributed by atoms with van der Waals surface area (Å²) in [7, 11) is 0. The van der Waals surface area contributed by atoms with E-state index in [1.54, 1.807) is 6.20 Å². The average Bonchev–Trinajstić information content (AvgIpc) is 2.57. The molecule has 1 rings (SSSR count). The van der Waals surface area contributed by atoms with Gasteiger partial charge in [0.25, 0.3) is 0 Å². The Labute approximate surface area is 72.5 Å². The molecule has 0 fully saturated rings. The first-order valence-corrected chi connectivity index (χ1v) is 4.35. The number of aromatic amines is 1. The summed E-state index contributed by atoms with van der Waals surface area (Å²) < 4.78 is 0. The number of aryl methyl sites for hydroxylation is 1. The fraction of sp³-hybridized carbons (Fsp3) is 0.625. The highest BCUT2D eigenvalue weighted by Gasteiger charge is 1.93. The van der Waals surface area contributed by atoms with Crippen LogP contribution in [0.1, 0.15) is 25.1 Å². The second-order valence-electron chi connectivity index (χ2n) is 2.80. The summed E-state index contributed by atoms with van der Waals surface area (Å²) in [5.74, 6) is 6.22. The molecule has 0 unspecified atom stereocenters. The van der Waals surface area contributed by atoms with Crippen LogP contribution in [0.15, 0.2) is 12.4 Å². The molecule has 12 heavy (non-hydrogen) atoms. The van der Waals surface area contributed by atoms with Crippen LogP contribution in [0.5, 0.6) is 0 Å². The minimum Gasteiger partial charge on any atom is -0.349 e. The van der Waals surface area contributed by atoms with Crippen molar-refractivity contribution in [3.8, 4) is 0 Å². The van der Waals surface area contributed by atoms with E-state index >= 15 is 0 Å².